The summed E-state index contributed by atoms with van der Waals surface area (Å²) in [6.45, 7) is 10.3. The van der Waals surface area contributed by atoms with Crippen LogP contribution in [0.5, 0.6) is 0 Å². The lowest BCUT2D eigenvalue weighted by Crippen LogP contribution is -2.52. The lowest BCUT2D eigenvalue weighted by atomic mass is 9.85. The minimum Gasteiger partial charge on any atom is -0.355 e. The van der Waals surface area contributed by atoms with Crippen LogP contribution in [0.15, 0.2) is 4.99 Å². The Hall–Kier alpha value is -0.810. The Bertz CT molecular complexity index is 384. The van der Waals surface area contributed by atoms with Crippen LogP contribution in [-0.2, 0) is 0 Å². The number of rotatable bonds is 7. The third kappa shape index (κ3) is 7.53. The van der Waals surface area contributed by atoms with Crippen LogP contribution < -0.4 is 10.6 Å². The summed E-state index contributed by atoms with van der Waals surface area (Å²) in [6.07, 6.45) is 9.85. The summed E-state index contributed by atoms with van der Waals surface area (Å²) in [7, 11) is 4.09. The maximum Gasteiger partial charge on any atom is 0.191 e. The van der Waals surface area contributed by atoms with Gasteiger partial charge >= 0.3 is 0 Å². The van der Waals surface area contributed by atoms with Crippen molar-refractivity contribution in [2.75, 3.05) is 46.8 Å². The topological polar surface area (TPSA) is 42.9 Å². The highest BCUT2D eigenvalue weighted by Crippen LogP contribution is 2.27. The summed E-state index contributed by atoms with van der Waals surface area (Å²) in [5.41, 5.74) is 0. The highest BCUT2D eigenvalue weighted by atomic mass is 15.3. The largest absolute Gasteiger partial charge is 0.355 e. The number of aliphatic imine (C=N–C) groups is 1. The molecule has 0 radical (unpaired) electrons. The second kappa shape index (κ2) is 11.0. The number of likely N-dealkylation sites (N-methyl/N-ethyl adjacent to an activating group) is 1. The average molecular weight is 352 g/mol. The molecule has 2 atom stereocenters. The molecule has 0 amide bonds. The molecule has 0 bridgehead atoms. The van der Waals surface area contributed by atoms with Gasteiger partial charge in [0, 0.05) is 51.9 Å². The van der Waals surface area contributed by atoms with E-state index in [2.05, 4.69) is 46.3 Å². The van der Waals surface area contributed by atoms with Crippen LogP contribution in [0.2, 0.25) is 0 Å². The maximum atomic E-state index is 4.42. The lowest BCUT2D eigenvalue weighted by Gasteiger charge is -2.36. The van der Waals surface area contributed by atoms with Gasteiger partial charge in [0.25, 0.3) is 0 Å². The molecule has 0 spiro atoms. The van der Waals surface area contributed by atoms with Crippen molar-refractivity contribution < 1.29 is 0 Å². The van der Waals surface area contributed by atoms with E-state index in [9.17, 15) is 0 Å². The molecule has 2 aliphatic rings. The predicted octanol–water partition coefficient (Wildman–Crippen LogP) is 2.54. The fourth-order valence-corrected chi connectivity index (χ4v) is 4.10. The molecule has 1 saturated heterocycles. The molecule has 0 aromatic rings. The van der Waals surface area contributed by atoms with Gasteiger partial charge in [0.1, 0.15) is 0 Å². The van der Waals surface area contributed by atoms with Crippen LogP contribution in [-0.4, -0.2) is 74.7 Å². The summed E-state index contributed by atoms with van der Waals surface area (Å²) in [4.78, 5) is 9.40. The summed E-state index contributed by atoms with van der Waals surface area (Å²) in [6, 6.07) is 1.04. The Kier molecular flexibility index (Phi) is 9.04. The van der Waals surface area contributed by atoms with Crippen LogP contribution in [0.3, 0.4) is 0 Å². The molecule has 1 saturated carbocycles. The first-order valence-corrected chi connectivity index (χ1v) is 10.5. The molecule has 2 rings (SSSR count). The van der Waals surface area contributed by atoms with Crippen LogP contribution >= 0.6 is 0 Å². The average Bonchev–Trinajstić information content (AvgIpc) is 2.64. The third-order valence-corrected chi connectivity index (χ3v) is 6.07. The zero-order valence-corrected chi connectivity index (χ0v) is 17.1. The van der Waals surface area contributed by atoms with E-state index in [0.29, 0.717) is 12.1 Å². The maximum absolute atomic E-state index is 4.42. The molecule has 5 nitrogen and oxygen atoms in total. The van der Waals surface area contributed by atoms with Crippen molar-refractivity contribution in [2.24, 2.45) is 10.9 Å². The molecular weight excluding hydrogens is 310 g/mol. The van der Waals surface area contributed by atoms with Crippen molar-refractivity contribution >= 4 is 5.96 Å². The molecule has 146 valence electrons. The Morgan fingerprint density at radius 3 is 2.40 bits per heavy atom. The van der Waals surface area contributed by atoms with E-state index in [0.717, 1.165) is 18.4 Å². The molecule has 2 N–H and O–H groups in total. The van der Waals surface area contributed by atoms with Crippen molar-refractivity contribution in [1.29, 1.82) is 0 Å². The first-order chi connectivity index (χ1) is 12.1. The smallest absolute Gasteiger partial charge is 0.191 e. The molecule has 2 unspecified atom stereocenters. The Balaban J connectivity index is 1.63. The lowest BCUT2D eigenvalue weighted by molar-refractivity contribution is 0.120. The number of nitrogens with zero attached hydrogens (tertiary/aromatic N) is 3. The van der Waals surface area contributed by atoms with Crippen molar-refractivity contribution in [2.45, 2.75) is 70.9 Å². The fraction of sp³-hybridized carbons (Fsp3) is 0.950. The van der Waals surface area contributed by atoms with Gasteiger partial charge in [0.15, 0.2) is 5.96 Å². The van der Waals surface area contributed by atoms with Gasteiger partial charge in [-0.2, -0.15) is 0 Å². The molecule has 0 aromatic heterocycles. The van der Waals surface area contributed by atoms with E-state index >= 15 is 0 Å². The van der Waals surface area contributed by atoms with Crippen LogP contribution in [0, 0.1) is 5.92 Å². The molecule has 0 aromatic carbocycles. The van der Waals surface area contributed by atoms with E-state index in [4.69, 9.17) is 0 Å². The zero-order chi connectivity index (χ0) is 18.1. The van der Waals surface area contributed by atoms with Gasteiger partial charge in [-0.25, -0.2) is 0 Å². The van der Waals surface area contributed by atoms with Gasteiger partial charge in [-0.15, -0.1) is 0 Å². The predicted molar refractivity (Wildman–Crippen MR) is 108 cm³/mol. The van der Waals surface area contributed by atoms with E-state index in [1.165, 1.54) is 71.1 Å². The van der Waals surface area contributed by atoms with E-state index in [1.807, 2.05) is 7.05 Å². The number of piperazine rings is 1. The standard InChI is InChI=1S/C20H41N5/c1-17(10-11-19-8-6-5-7-9-19)23-20(21-3)22-16-18(2)25-14-12-24(4)13-15-25/h17-19H,5-16H2,1-4H3,(H2,21,22,23). The summed E-state index contributed by atoms with van der Waals surface area (Å²) < 4.78 is 0. The zero-order valence-electron chi connectivity index (χ0n) is 17.1. The Morgan fingerprint density at radius 2 is 1.76 bits per heavy atom. The highest BCUT2D eigenvalue weighted by molar-refractivity contribution is 5.79. The Morgan fingerprint density at radius 1 is 1.08 bits per heavy atom. The normalized spacial score (nSPS) is 24.1. The molecule has 2 fully saturated rings. The van der Waals surface area contributed by atoms with E-state index in [-0.39, 0.29) is 0 Å². The first-order valence-electron chi connectivity index (χ1n) is 10.5. The van der Waals surface area contributed by atoms with Gasteiger partial charge in [0.05, 0.1) is 0 Å². The number of hydrogen-bond donors (Lipinski definition) is 2. The molecule has 5 heteroatoms. The number of hydrogen-bond acceptors (Lipinski definition) is 3. The third-order valence-electron chi connectivity index (χ3n) is 6.07. The van der Waals surface area contributed by atoms with Gasteiger partial charge in [0.2, 0.25) is 0 Å². The molecule has 1 heterocycles. The number of nitrogens with one attached hydrogen (secondary N) is 2. The summed E-state index contributed by atoms with van der Waals surface area (Å²) in [5, 5.41) is 7.11. The second-order valence-electron chi connectivity index (χ2n) is 8.27. The Labute approximate surface area is 155 Å². The van der Waals surface area contributed by atoms with E-state index in [1.54, 1.807) is 0 Å². The van der Waals surface area contributed by atoms with E-state index < -0.39 is 0 Å². The molecular formula is C20H41N5. The van der Waals surface area contributed by atoms with Crippen LogP contribution in [0.25, 0.3) is 0 Å². The van der Waals surface area contributed by atoms with Crippen molar-refractivity contribution in [3.8, 4) is 0 Å². The van der Waals surface area contributed by atoms with Crippen LogP contribution in [0.1, 0.15) is 58.8 Å². The van der Waals surface area contributed by atoms with Gasteiger partial charge in [-0.3, -0.25) is 9.89 Å². The fourth-order valence-electron chi connectivity index (χ4n) is 4.10. The van der Waals surface area contributed by atoms with Crippen molar-refractivity contribution in [1.82, 2.24) is 20.4 Å². The summed E-state index contributed by atoms with van der Waals surface area (Å²) >= 11 is 0. The molecule has 25 heavy (non-hydrogen) atoms. The van der Waals surface area contributed by atoms with Crippen molar-refractivity contribution in [3.63, 3.8) is 0 Å². The first kappa shape index (κ1) is 20.5. The van der Waals surface area contributed by atoms with Crippen LogP contribution in [0.4, 0.5) is 0 Å². The quantitative estimate of drug-likeness (QED) is 0.546. The summed E-state index contributed by atoms with van der Waals surface area (Å²) in [5.74, 6) is 1.92. The monoisotopic (exact) mass is 351 g/mol. The van der Waals surface area contributed by atoms with Crippen molar-refractivity contribution in [3.05, 3.63) is 0 Å². The minimum absolute atomic E-state index is 0.493. The number of guanidine groups is 1. The minimum atomic E-state index is 0.493. The van der Waals surface area contributed by atoms with Gasteiger partial charge < -0.3 is 15.5 Å². The molecule has 1 aliphatic carbocycles. The van der Waals surface area contributed by atoms with Gasteiger partial charge in [-0.1, -0.05) is 32.1 Å². The molecule has 1 aliphatic heterocycles. The highest BCUT2D eigenvalue weighted by Gasteiger charge is 2.19. The van der Waals surface area contributed by atoms with Gasteiger partial charge in [-0.05, 0) is 39.7 Å². The second-order valence-corrected chi connectivity index (χ2v) is 8.27. The SMILES string of the molecule is CN=C(NCC(C)N1CCN(C)CC1)NC(C)CCC1CCCCC1.